The summed E-state index contributed by atoms with van der Waals surface area (Å²) in [5, 5.41) is 0.734. The average molecular weight is 236 g/mol. The summed E-state index contributed by atoms with van der Waals surface area (Å²) in [6, 6.07) is -0.814. The SMILES string of the molecule is CC(N)C(=O)N(C)NCC(F)(F)F.Cl. The molecule has 0 saturated carbocycles. The summed E-state index contributed by atoms with van der Waals surface area (Å²) < 4.78 is 34.9. The number of carbonyl (C=O) groups excluding carboxylic acids is 1. The van der Waals surface area contributed by atoms with Crippen LogP contribution in [-0.2, 0) is 4.79 Å². The van der Waals surface area contributed by atoms with Crippen molar-refractivity contribution < 1.29 is 18.0 Å². The Hall–Kier alpha value is -0.530. The lowest BCUT2D eigenvalue weighted by Crippen LogP contribution is -2.49. The van der Waals surface area contributed by atoms with Crippen molar-refractivity contribution in [1.82, 2.24) is 10.4 Å². The van der Waals surface area contributed by atoms with E-state index in [0.717, 1.165) is 5.01 Å². The van der Waals surface area contributed by atoms with Crippen LogP contribution in [0.15, 0.2) is 0 Å². The molecule has 0 spiro atoms. The molecule has 0 bridgehead atoms. The van der Waals surface area contributed by atoms with Crippen molar-refractivity contribution in [2.45, 2.75) is 19.1 Å². The maximum atomic E-state index is 11.6. The van der Waals surface area contributed by atoms with Crippen LogP contribution in [0.25, 0.3) is 0 Å². The van der Waals surface area contributed by atoms with Gasteiger partial charge >= 0.3 is 6.18 Å². The van der Waals surface area contributed by atoms with Crippen LogP contribution in [0.2, 0.25) is 0 Å². The van der Waals surface area contributed by atoms with Gasteiger partial charge in [-0.15, -0.1) is 12.4 Å². The molecular formula is C6H13ClF3N3O. The highest BCUT2D eigenvalue weighted by molar-refractivity contribution is 5.85. The van der Waals surface area contributed by atoms with Gasteiger partial charge in [-0.25, -0.2) is 5.43 Å². The third kappa shape index (κ3) is 6.93. The number of likely N-dealkylation sites (N-methyl/N-ethyl adjacent to an activating group) is 1. The van der Waals surface area contributed by atoms with Crippen LogP contribution in [-0.4, -0.2) is 36.7 Å². The zero-order chi connectivity index (χ0) is 10.6. The fourth-order valence-corrected chi connectivity index (χ4v) is 0.592. The largest absolute Gasteiger partial charge is 0.402 e. The van der Waals surface area contributed by atoms with Crippen molar-refractivity contribution in [2.75, 3.05) is 13.6 Å². The van der Waals surface area contributed by atoms with Crippen LogP contribution in [0.3, 0.4) is 0 Å². The molecular weight excluding hydrogens is 223 g/mol. The smallest absolute Gasteiger partial charge is 0.320 e. The molecule has 8 heteroatoms. The van der Waals surface area contributed by atoms with Gasteiger partial charge in [-0.1, -0.05) is 0 Å². The Balaban J connectivity index is 0. The lowest BCUT2D eigenvalue weighted by atomic mass is 10.3. The molecule has 1 unspecified atom stereocenters. The average Bonchev–Trinajstić information content (AvgIpc) is 1.97. The lowest BCUT2D eigenvalue weighted by molar-refractivity contribution is -0.146. The van der Waals surface area contributed by atoms with E-state index in [1.165, 1.54) is 14.0 Å². The molecule has 0 aliphatic carbocycles. The Kier molecular flexibility index (Phi) is 6.88. The summed E-state index contributed by atoms with van der Waals surface area (Å²) in [5.41, 5.74) is 7.05. The molecule has 0 aromatic heterocycles. The molecule has 0 aliphatic heterocycles. The van der Waals surface area contributed by atoms with Crippen LogP contribution in [0, 0.1) is 0 Å². The number of hydrazine groups is 1. The predicted octanol–water partition coefficient (Wildman–Crippen LogP) is 0.281. The Labute approximate surface area is 86.0 Å². The monoisotopic (exact) mass is 235 g/mol. The van der Waals surface area contributed by atoms with Gasteiger partial charge in [-0.05, 0) is 6.92 Å². The molecule has 14 heavy (non-hydrogen) atoms. The number of rotatable bonds is 3. The van der Waals surface area contributed by atoms with E-state index >= 15 is 0 Å². The number of carbonyl (C=O) groups is 1. The van der Waals surface area contributed by atoms with Crippen molar-refractivity contribution >= 4 is 18.3 Å². The number of hydrogen-bond acceptors (Lipinski definition) is 3. The second-order valence-electron chi connectivity index (χ2n) is 2.64. The van der Waals surface area contributed by atoms with Crippen molar-refractivity contribution in [3.63, 3.8) is 0 Å². The normalized spacial score (nSPS) is 13.0. The summed E-state index contributed by atoms with van der Waals surface area (Å²) in [6.07, 6.45) is -4.34. The van der Waals surface area contributed by atoms with Gasteiger partial charge in [-0.2, -0.15) is 13.2 Å². The van der Waals surface area contributed by atoms with Crippen molar-refractivity contribution in [2.24, 2.45) is 5.73 Å². The highest BCUT2D eigenvalue weighted by Crippen LogP contribution is 2.12. The van der Waals surface area contributed by atoms with Gasteiger partial charge in [0, 0.05) is 7.05 Å². The van der Waals surface area contributed by atoms with Crippen molar-refractivity contribution in [3.8, 4) is 0 Å². The van der Waals surface area contributed by atoms with Crippen LogP contribution in [0.4, 0.5) is 13.2 Å². The first kappa shape index (κ1) is 15.9. The van der Waals surface area contributed by atoms with Gasteiger partial charge in [0.25, 0.3) is 5.91 Å². The second-order valence-corrected chi connectivity index (χ2v) is 2.64. The summed E-state index contributed by atoms with van der Waals surface area (Å²) in [5.74, 6) is -0.593. The Bertz CT molecular complexity index is 186. The molecule has 0 fully saturated rings. The van der Waals surface area contributed by atoms with E-state index in [4.69, 9.17) is 5.73 Å². The van der Waals surface area contributed by atoms with E-state index in [2.05, 4.69) is 0 Å². The first-order valence-electron chi connectivity index (χ1n) is 3.57. The van der Waals surface area contributed by atoms with Gasteiger partial charge in [-0.3, -0.25) is 9.80 Å². The van der Waals surface area contributed by atoms with Gasteiger partial charge in [0.15, 0.2) is 0 Å². The standard InChI is InChI=1S/C6H12F3N3O.ClH/c1-4(10)5(13)12(2)11-3-6(7,8)9;/h4,11H,3,10H2,1-2H3;1H. The number of nitrogens with zero attached hydrogens (tertiary/aromatic N) is 1. The number of nitrogens with two attached hydrogens (primary N) is 1. The molecule has 0 aromatic carbocycles. The summed E-state index contributed by atoms with van der Waals surface area (Å²) in [4.78, 5) is 10.9. The minimum absolute atomic E-state index is 0. The summed E-state index contributed by atoms with van der Waals surface area (Å²) in [6.45, 7) is 0.149. The Morgan fingerprint density at radius 2 is 2.00 bits per heavy atom. The minimum atomic E-state index is -4.34. The highest BCUT2D eigenvalue weighted by Gasteiger charge is 2.28. The molecule has 86 valence electrons. The molecule has 0 saturated heterocycles. The number of nitrogens with one attached hydrogen (secondary N) is 1. The first-order chi connectivity index (χ1) is 5.74. The zero-order valence-corrected chi connectivity index (χ0v) is 8.58. The molecule has 0 radical (unpaired) electrons. The van der Waals surface area contributed by atoms with Gasteiger partial charge < -0.3 is 5.73 Å². The van der Waals surface area contributed by atoms with E-state index in [-0.39, 0.29) is 12.4 Å². The number of halogens is 4. The fourth-order valence-electron chi connectivity index (χ4n) is 0.592. The summed E-state index contributed by atoms with van der Waals surface area (Å²) in [7, 11) is 1.19. The molecule has 1 amide bonds. The van der Waals surface area contributed by atoms with Crippen LogP contribution >= 0.6 is 12.4 Å². The van der Waals surface area contributed by atoms with Crippen molar-refractivity contribution in [1.29, 1.82) is 0 Å². The third-order valence-electron chi connectivity index (χ3n) is 1.24. The third-order valence-corrected chi connectivity index (χ3v) is 1.24. The van der Waals surface area contributed by atoms with E-state index in [1.54, 1.807) is 0 Å². The molecule has 1 atom stereocenters. The quantitative estimate of drug-likeness (QED) is 0.691. The minimum Gasteiger partial charge on any atom is -0.320 e. The summed E-state index contributed by atoms with van der Waals surface area (Å²) >= 11 is 0. The van der Waals surface area contributed by atoms with Gasteiger partial charge in [0.2, 0.25) is 0 Å². The lowest BCUT2D eigenvalue weighted by Gasteiger charge is -2.20. The fraction of sp³-hybridized carbons (Fsp3) is 0.833. The maximum absolute atomic E-state index is 11.6. The molecule has 0 aliphatic rings. The van der Waals surface area contributed by atoms with Gasteiger partial charge in [0.1, 0.15) is 6.54 Å². The van der Waals surface area contributed by atoms with Crippen LogP contribution in [0.1, 0.15) is 6.92 Å². The van der Waals surface area contributed by atoms with E-state index in [0.29, 0.717) is 0 Å². The molecule has 3 N–H and O–H groups in total. The van der Waals surface area contributed by atoms with Crippen LogP contribution < -0.4 is 11.2 Å². The van der Waals surface area contributed by atoms with Gasteiger partial charge in [0.05, 0.1) is 6.04 Å². The molecule has 0 aromatic rings. The predicted molar refractivity (Wildman–Crippen MR) is 47.7 cm³/mol. The van der Waals surface area contributed by atoms with E-state index < -0.39 is 24.7 Å². The highest BCUT2D eigenvalue weighted by atomic mass is 35.5. The van der Waals surface area contributed by atoms with Crippen LogP contribution in [0.5, 0.6) is 0 Å². The number of hydrogen-bond donors (Lipinski definition) is 2. The van der Waals surface area contributed by atoms with E-state index in [1.807, 2.05) is 5.43 Å². The van der Waals surface area contributed by atoms with Crippen molar-refractivity contribution in [3.05, 3.63) is 0 Å². The Morgan fingerprint density at radius 3 is 2.29 bits per heavy atom. The topological polar surface area (TPSA) is 58.4 Å². The maximum Gasteiger partial charge on any atom is 0.402 e. The second kappa shape index (κ2) is 6.05. The van der Waals surface area contributed by atoms with E-state index in [9.17, 15) is 18.0 Å². The molecule has 4 nitrogen and oxygen atoms in total. The zero-order valence-electron chi connectivity index (χ0n) is 7.76. The number of amides is 1. The first-order valence-corrected chi connectivity index (χ1v) is 3.57. The Morgan fingerprint density at radius 1 is 1.57 bits per heavy atom. The number of alkyl halides is 3. The molecule has 0 heterocycles. The molecule has 0 rings (SSSR count).